The van der Waals surface area contributed by atoms with Gasteiger partial charge in [-0.05, 0) is 41.1 Å². The van der Waals surface area contributed by atoms with Gasteiger partial charge in [-0.1, -0.05) is 23.7 Å². The molecule has 0 aliphatic carbocycles. The summed E-state index contributed by atoms with van der Waals surface area (Å²) >= 11 is 7.68. The second-order valence-corrected chi connectivity index (χ2v) is 7.07. The van der Waals surface area contributed by atoms with Crippen LogP contribution in [-0.2, 0) is 19.5 Å². The number of urea groups is 1. The monoisotopic (exact) mass is 349 g/mol. The molecule has 0 unspecified atom stereocenters. The van der Waals surface area contributed by atoms with Crippen LogP contribution in [0.25, 0.3) is 0 Å². The molecule has 1 aromatic carbocycles. The Hall–Kier alpha value is -1.56. The summed E-state index contributed by atoms with van der Waals surface area (Å²) in [6, 6.07) is 9.55. The summed E-state index contributed by atoms with van der Waals surface area (Å²) < 4.78 is 0. The average Bonchev–Trinajstić information content (AvgIpc) is 3.02. The van der Waals surface area contributed by atoms with Crippen LogP contribution in [0.5, 0.6) is 0 Å². The van der Waals surface area contributed by atoms with Crippen LogP contribution in [-0.4, -0.2) is 30.6 Å². The van der Waals surface area contributed by atoms with Gasteiger partial charge in [0.2, 0.25) is 0 Å². The van der Waals surface area contributed by atoms with E-state index >= 15 is 0 Å². The van der Waals surface area contributed by atoms with Gasteiger partial charge >= 0.3 is 6.03 Å². The number of rotatable bonds is 5. The van der Waals surface area contributed by atoms with Gasteiger partial charge < -0.3 is 10.6 Å². The molecule has 3 rings (SSSR count). The van der Waals surface area contributed by atoms with Crippen molar-refractivity contribution < 1.29 is 4.79 Å². The molecule has 0 bridgehead atoms. The Morgan fingerprint density at radius 2 is 2.04 bits per heavy atom. The van der Waals surface area contributed by atoms with Crippen molar-refractivity contribution in [1.29, 1.82) is 0 Å². The molecular formula is C17H20ClN3OS. The van der Waals surface area contributed by atoms with E-state index in [2.05, 4.69) is 27.0 Å². The topological polar surface area (TPSA) is 44.4 Å². The first-order valence-corrected chi connectivity index (χ1v) is 9.00. The predicted octanol–water partition coefficient (Wildman–Crippen LogP) is 3.26. The van der Waals surface area contributed by atoms with Gasteiger partial charge in [-0.15, -0.1) is 11.3 Å². The summed E-state index contributed by atoms with van der Waals surface area (Å²) in [6.45, 7) is 4.11. The van der Waals surface area contributed by atoms with Crippen molar-refractivity contribution in [2.24, 2.45) is 0 Å². The second-order valence-electron chi connectivity index (χ2n) is 5.63. The standard InChI is InChI=1S/C17H20ClN3OS/c18-15-3-1-13(2-4-15)11-20-17(22)19-7-9-21-8-5-16-14(12-21)6-10-23-16/h1-4,6,10H,5,7-9,11-12H2,(H2,19,20,22). The molecule has 2 amide bonds. The highest BCUT2D eigenvalue weighted by Gasteiger charge is 2.16. The summed E-state index contributed by atoms with van der Waals surface area (Å²) in [7, 11) is 0. The SMILES string of the molecule is O=C(NCCN1CCc2sccc2C1)NCc1ccc(Cl)cc1. The maximum Gasteiger partial charge on any atom is 0.315 e. The summed E-state index contributed by atoms with van der Waals surface area (Å²) in [5, 5.41) is 8.64. The molecule has 0 atom stereocenters. The average molecular weight is 350 g/mol. The van der Waals surface area contributed by atoms with Crippen LogP contribution in [0.3, 0.4) is 0 Å². The zero-order valence-corrected chi connectivity index (χ0v) is 14.4. The van der Waals surface area contributed by atoms with Crippen LogP contribution in [0.15, 0.2) is 35.7 Å². The van der Waals surface area contributed by atoms with Gasteiger partial charge in [0.05, 0.1) is 0 Å². The Bertz CT molecular complexity index is 656. The highest BCUT2D eigenvalue weighted by atomic mass is 35.5. The van der Waals surface area contributed by atoms with Gasteiger partial charge in [-0.3, -0.25) is 4.90 Å². The summed E-state index contributed by atoms with van der Waals surface area (Å²) in [5.41, 5.74) is 2.47. The van der Waals surface area contributed by atoms with Gasteiger partial charge in [-0.25, -0.2) is 4.79 Å². The quantitative estimate of drug-likeness (QED) is 0.870. The van der Waals surface area contributed by atoms with Gasteiger partial charge in [0.25, 0.3) is 0 Å². The van der Waals surface area contributed by atoms with Crippen LogP contribution in [0.4, 0.5) is 4.79 Å². The predicted molar refractivity (Wildman–Crippen MR) is 95.0 cm³/mol. The lowest BCUT2D eigenvalue weighted by Crippen LogP contribution is -2.41. The third-order valence-electron chi connectivity index (χ3n) is 3.97. The van der Waals surface area contributed by atoms with Crippen molar-refractivity contribution in [3.8, 4) is 0 Å². The summed E-state index contributed by atoms with van der Waals surface area (Å²) in [5.74, 6) is 0. The third-order valence-corrected chi connectivity index (χ3v) is 5.24. The number of hydrogen-bond donors (Lipinski definition) is 2. The zero-order chi connectivity index (χ0) is 16.1. The van der Waals surface area contributed by atoms with Crippen molar-refractivity contribution in [3.63, 3.8) is 0 Å². The van der Waals surface area contributed by atoms with E-state index < -0.39 is 0 Å². The first-order valence-electron chi connectivity index (χ1n) is 7.74. The molecule has 1 aliphatic rings. The van der Waals surface area contributed by atoms with E-state index in [0.29, 0.717) is 18.1 Å². The molecule has 6 heteroatoms. The van der Waals surface area contributed by atoms with E-state index in [1.54, 1.807) is 0 Å². The number of fused-ring (bicyclic) bond motifs is 1. The van der Waals surface area contributed by atoms with Crippen LogP contribution < -0.4 is 10.6 Å². The smallest absolute Gasteiger partial charge is 0.315 e. The lowest BCUT2D eigenvalue weighted by atomic mass is 10.1. The maximum atomic E-state index is 11.8. The van der Waals surface area contributed by atoms with E-state index in [-0.39, 0.29) is 6.03 Å². The minimum Gasteiger partial charge on any atom is -0.337 e. The van der Waals surface area contributed by atoms with Crippen LogP contribution in [0.2, 0.25) is 5.02 Å². The first-order chi connectivity index (χ1) is 11.2. The zero-order valence-electron chi connectivity index (χ0n) is 12.8. The molecule has 0 fully saturated rings. The Morgan fingerprint density at radius 3 is 2.87 bits per heavy atom. The van der Waals surface area contributed by atoms with Crippen molar-refractivity contribution in [3.05, 3.63) is 56.7 Å². The molecular weight excluding hydrogens is 330 g/mol. The highest BCUT2D eigenvalue weighted by molar-refractivity contribution is 7.10. The molecule has 0 saturated heterocycles. The number of thiophene rings is 1. The van der Waals surface area contributed by atoms with Gasteiger partial charge in [0.1, 0.15) is 0 Å². The number of benzene rings is 1. The number of carbonyl (C=O) groups excluding carboxylic acids is 1. The second kappa shape index (κ2) is 7.81. The molecule has 0 spiro atoms. The van der Waals surface area contributed by atoms with Crippen molar-refractivity contribution in [1.82, 2.24) is 15.5 Å². The number of carbonyl (C=O) groups is 1. The van der Waals surface area contributed by atoms with E-state index in [9.17, 15) is 4.79 Å². The van der Waals surface area contributed by atoms with Crippen LogP contribution >= 0.6 is 22.9 Å². The van der Waals surface area contributed by atoms with E-state index in [4.69, 9.17) is 11.6 Å². The number of amides is 2. The fourth-order valence-electron chi connectivity index (χ4n) is 2.67. The molecule has 1 aromatic heterocycles. The van der Waals surface area contributed by atoms with E-state index in [1.807, 2.05) is 35.6 Å². The Labute approximate surface area is 145 Å². The Morgan fingerprint density at radius 1 is 1.22 bits per heavy atom. The first kappa shape index (κ1) is 16.3. The molecule has 4 nitrogen and oxygen atoms in total. The number of nitrogens with zero attached hydrogens (tertiary/aromatic N) is 1. The molecule has 2 heterocycles. The molecule has 0 radical (unpaired) electrons. The molecule has 2 aromatic rings. The minimum absolute atomic E-state index is 0.131. The van der Waals surface area contributed by atoms with Crippen molar-refractivity contribution in [2.75, 3.05) is 19.6 Å². The van der Waals surface area contributed by atoms with E-state index in [1.165, 1.54) is 10.4 Å². The van der Waals surface area contributed by atoms with Gasteiger partial charge in [-0.2, -0.15) is 0 Å². The molecule has 122 valence electrons. The highest BCUT2D eigenvalue weighted by Crippen LogP contribution is 2.23. The molecule has 2 N–H and O–H groups in total. The molecule has 23 heavy (non-hydrogen) atoms. The van der Waals surface area contributed by atoms with Crippen LogP contribution in [0, 0.1) is 0 Å². The largest absolute Gasteiger partial charge is 0.337 e. The molecule has 1 aliphatic heterocycles. The summed E-state index contributed by atoms with van der Waals surface area (Å²) in [6.07, 6.45) is 1.12. The lowest BCUT2D eigenvalue weighted by Gasteiger charge is -2.26. The van der Waals surface area contributed by atoms with Gasteiger partial charge in [0, 0.05) is 42.6 Å². The fourth-order valence-corrected chi connectivity index (χ4v) is 3.69. The van der Waals surface area contributed by atoms with Crippen molar-refractivity contribution >= 4 is 29.0 Å². The van der Waals surface area contributed by atoms with E-state index in [0.717, 1.165) is 31.6 Å². The minimum atomic E-state index is -0.131. The third kappa shape index (κ3) is 4.70. The Balaban J connectivity index is 1.34. The van der Waals surface area contributed by atoms with Crippen molar-refractivity contribution in [2.45, 2.75) is 19.5 Å². The molecule has 0 saturated carbocycles. The van der Waals surface area contributed by atoms with Gasteiger partial charge in [0.15, 0.2) is 0 Å². The fraction of sp³-hybridized carbons (Fsp3) is 0.353. The number of halogens is 1. The summed E-state index contributed by atoms with van der Waals surface area (Å²) in [4.78, 5) is 15.7. The number of hydrogen-bond acceptors (Lipinski definition) is 3. The number of nitrogens with one attached hydrogen (secondary N) is 2. The normalized spacial score (nSPS) is 14.3. The van der Waals surface area contributed by atoms with Crippen LogP contribution in [0.1, 0.15) is 16.0 Å². The maximum absolute atomic E-state index is 11.8. The lowest BCUT2D eigenvalue weighted by molar-refractivity contribution is 0.231. The Kier molecular flexibility index (Phi) is 5.54.